The van der Waals surface area contributed by atoms with Gasteiger partial charge in [0.05, 0.1) is 17.7 Å². The lowest BCUT2D eigenvalue weighted by Crippen LogP contribution is -2.18. The van der Waals surface area contributed by atoms with Gasteiger partial charge < -0.3 is 15.4 Å². The van der Waals surface area contributed by atoms with Crippen LogP contribution in [-0.4, -0.2) is 46.5 Å². The fraction of sp³-hybridized carbons (Fsp3) is 0.583. The van der Waals surface area contributed by atoms with E-state index >= 15 is 0 Å². The SMILES string of the molecule is CNc1nc(NC2CCC(OC)C2)c2cn[nH]c2n1. The topological polar surface area (TPSA) is 87.8 Å². The second-order valence-corrected chi connectivity index (χ2v) is 4.79. The highest BCUT2D eigenvalue weighted by Gasteiger charge is 2.25. The van der Waals surface area contributed by atoms with Crippen LogP contribution >= 0.6 is 0 Å². The normalized spacial score (nSPS) is 22.8. The van der Waals surface area contributed by atoms with Crippen molar-refractivity contribution in [3.63, 3.8) is 0 Å². The number of nitrogens with zero attached hydrogens (tertiary/aromatic N) is 3. The summed E-state index contributed by atoms with van der Waals surface area (Å²) in [6.07, 6.45) is 5.29. The smallest absolute Gasteiger partial charge is 0.226 e. The van der Waals surface area contributed by atoms with Crippen LogP contribution in [-0.2, 0) is 4.74 Å². The van der Waals surface area contributed by atoms with Gasteiger partial charge in [-0.25, -0.2) is 0 Å². The lowest BCUT2D eigenvalue weighted by Gasteiger charge is -2.14. The molecule has 0 amide bonds. The van der Waals surface area contributed by atoms with E-state index in [-0.39, 0.29) is 0 Å². The zero-order valence-electron chi connectivity index (χ0n) is 11.1. The third-order valence-corrected chi connectivity index (χ3v) is 3.59. The van der Waals surface area contributed by atoms with Crippen molar-refractivity contribution in [2.45, 2.75) is 31.4 Å². The quantitative estimate of drug-likeness (QED) is 0.771. The van der Waals surface area contributed by atoms with Crippen LogP contribution in [0.2, 0.25) is 0 Å². The van der Waals surface area contributed by atoms with Crippen LogP contribution in [0.3, 0.4) is 0 Å². The van der Waals surface area contributed by atoms with E-state index in [1.807, 2.05) is 0 Å². The van der Waals surface area contributed by atoms with Crippen LogP contribution in [0.15, 0.2) is 6.20 Å². The molecule has 1 fully saturated rings. The standard InChI is InChI=1S/C12H18N6O/c1-13-12-16-10(9-6-14-18-11(9)17-12)15-7-3-4-8(5-7)19-2/h6-8H,3-5H2,1-2H3,(H3,13,14,15,16,17,18). The number of nitrogens with one attached hydrogen (secondary N) is 3. The number of aromatic nitrogens is 4. The predicted octanol–water partition coefficient (Wildman–Crippen LogP) is 1.37. The summed E-state index contributed by atoms with van der Waals surface area (Å²) in [4.78, 5) is 8.79. The Bertz CT molecular complexity index is 568. The maximum atomic E-state index is 5.39. The minimum Gasteiger partial charge on any atom is -0.381 e. The number of methoxy groups -OCH3 is 1. The maximum Gasteiger partial charge on any atom is 0.226 e. The summed E-state index contributed by atoms with van der Waals surface area (Å²) >= 11 is 0. The molecule has 1 aliphatic carbocycles. The zero-order valence-corrected chi connectivity index (χ0v) is 11.1. The third-order valence-electron chi connectivity index (χ3n) is 3.59. The minimum absolute atomic E-state index is 0.350. The summed E-state index contributed by atoms with van der Waals surface area (Å²) in [7, 11) is 3.57. The van der Waals surface area contributed by atoms with Crippen molar-refractivity contribution in [1.29, 1.82) is 0 Å². The number of anilines is 2. The molecule has 0 aromatic carbocycles. The van der Waals surface area contributed by atoms with Crippen LogP contribution in [0.1, 0.15) is 19.3 Å². The van der Waals surface area contributed by atoms with Gasteiger partial charge in [0, 0.05) is 20.2 Å². The summed E-state index contributed by atoms with van der Waals surface area (Å²) in [5.74, 6) is 1.41. The molecule has 2 heterocycles. The highest BCUT2D eigenvalue weighted by Crippen LogP contribution is 2.27. The van der Waals surface area contributed by atoms with Crippen LogP contribution in [0.4, 0.5) is 11.8 Å². The summed E-state index contributed by atoms with van der Waals surface area (Å²) < 4.78 is 5.39. The first-order chi connectivity index (χ1) is 9.30. The summed E-state index contributed by atoms with van der Waals surface area (Å²) in [5, 5.41) is 14.3. The fourth-order valence-electron chi connectivity index (χ4n) is 2.54. The van der Waals surface area contributed by atoms with Gasteiger partial charge in [0.1, 0.15) is 5.82 Å². The van der Waals surface area contributed by atoms with Crippen molar-refractivity contribution >= 4 is 22.8 Å². The molecule has 0 radical (unpaired) electrons. The van der Waals surface area contributed by atoms with Crippen LogP contribution < -0.4 is 10.6 Å². The Hall–Kier alpha value is -1.89. The van der Waals surface area contributed by atoms with Crippen LogP contribution in [0, 0.1) is 0 Å². The Morgan fingerprint density at radius 3 is 3.00 bits per heavy atom. The molecule has 2 unspecified atom stereocenters. The second kappa shape index (κ2) is 5.00. The first-order valence-electron chi connectivity index (χ1n) is 6.48. The molecule has 3 rings (SSSR count). The first kappa shape index (κ1) is 12.2. The van der Waals surface area contributed by atoms with E-state index in [4.69, 9.17) is 4.74 Å². The lowest BCUT2D eigenvalue weighted by molar-refractivity contribution is 0.108. The molecule has 7 heteroatoms. The van der Waals surface area contributed by atoms with Crippen LogP contribution in [0.5, 0.6) is 0 Å². The van der Waals surface area contributed by atoms with Gasteiger partial charge in [-0.3, -0.25) is 5.10 Å². The molecule has 19 heavy (non-hydrogen) atoms. The van der Waals surface area contributed by atoms with Gasteiger partial charge in [-0.2, -0.15) is 15.1 Å². The first-order valence-corrected chi connectivity index (χ1v) is 6.48. The number of aromatic amines is 1. The number of H-pyrrole nitrogens is 1. The molecule has 0 saturated heterocycles. The van der Waals surface area contributed by atoms with E-state index in [9.17, 15) is 0 Å². The third kappa shape index (κ3) is 2.33. The Balaban J connectivity index is 1.85. The Kier molecular flexibility index (Phi) is 3.20. The molecule has 102 valence electrons. The second-order valence-electron chi connectivity index (χ2n) is 4.79. The van der Waals surface area contributed by atoms with E-state index in [0.717, 1.165) is 36.1 Å². The van der Waals surface area contributed by atoms with Crippen LogP contribution in [0.25, 0.3) is 11.0 Å². The molecule has 1 aliphatic rings. The van der Waals surface area contributed by atoms with Gasteiger partial charge in [-0.1, -0.05) is 0 Å². The van der Waals surface area contributed by atoms with Crippen molar-refractivity contribution < 1.29 is 4.74 Å². The fourth-order valence-corrected chi connectivity index (χ4v) is 2.54. The molecular weight excluding hydrogens is 244 g/mol. The highest BCUT2D eigenvalue weighted by molar-refractivity contribution is 5.87. The monoisotopic (exact) mass is 262 g/mol. The van der Waals surface area contributed by atoms with Gasteiger partial charge in [0.2, 0.25) is 5.95 Å². The van der Waals surface area contributed by atoms with Crippen molar-refractivity contribution in [2.75, 3.05) is 24.8 Å². The van der Waals surface area contributed by atoms with E-state index < -0.39 is 0 Å². The molecule has 7 nitrogen and oxygen atoms in total. The molecule has 1 saturated carbocycles. The predicted molar refractivity (Wildman–Crippen MR) is 73.3 cm³/mol. The molecular formula is C12H18N6O. The molecule has 0 spiro atoms. The largest absolute Gasteiger partial charge is 0.381 e. The zero-order chi connectivity index (χ0) is 13.2. The van der Waals surface area contributed by atoms with Crippen molar-refractivity contribution in [3.05, 3.63) is 6.20 Å². The van der Waals surface area contributed by atoms with Crippen molar-refractivity contribution in [3.8, 4) is 0 Å². The summed E-state index contributed by atoms with van der Waals surface area (Å²) in [5.41, 5.74) is 0.739. The van der Waals surface area contributed by atoms with Gasteiger partial charge in [-0.15, -0.1) is 0 Å². The Morgan fingerprint density at radius 1 is 1.37 bits per heavy atom. The number of ether oxygens (including phenoxy) is 1. The summed E-state index contributed by atoms with van der Waals surface area (Å²) in [6, 6.07) is 0.391. The molecule has 0 aliphatic heterocycles. The average Bonchev–Trinajstić information content (AvgIpc) is 3.06. The van der Waals surface area contributed by atoms with Gasteiger partial charge in [0.25, 0.3) is 0 Å². The van der Waals surface area contributed by atoms with E-state index in [1.165, 1.54) is 0 Å². The van der Waals surface area contributed by atoms with Gasteiger partial charge in [-0.05, 0) is 19.3 Å². The molecule has 2 aromatic rings. The minimum atomic E-state index is 0.350. The Labute approximate surface area is 111 Å². The van der Waals surface area contributed by atoms with Crippen molar-refractivity contribution in [2.24, 2.45) is 0 Å². The molecule has 2 aromatic heterocycles. The number of fused-ring (bicyclic) bond motifs is 1. The average molecular weight is 262 g/mol. The maximum absolute atomic E-state index is 5.39. The number of hydrogen-bond donors (Lipinski definition) is 3. The van der Waals surface area contributed by atoms with E-state index in [0.29, 0.717) is 18.1 Å². The Morgan fingerprint density at radius 2 is 2.26 bits per heavy atom. The molecule has 0 bridgehead atoms. The van der Waals surface area contributed by atoms with E-state index in [2.05, 4.69) is 30.8 Å². The summed E-state index contributed by atoms with van der Waals surface area (Å²) in [6.45, 7) is 0. The van der Waals surface area contributed by atoms with Crippen molar-refractivity contribution in [1.82, 2.24) is 20.2 Å². The van der Waals surface area contributed by atoms with Gasteiger partial charge in [0.15, 0.2) is 5.65 Å². The number of hydrogen-bond acceptors (Lipinski definition) is 6. The number of rotatable bonds is 4. The highest BCUT2D eigenvalue weighted by atomic mass is 16.5. The van der Waals surface area contributed by atoms with Gasteiger partial charge >= 0.3 is 0 Å². The molecule has 2 atom stereocenters. The molecule has 3 N–H and O–H groups in total. The van der Waals surface area contributed by atoms with E-state index in [1.54, 1.807) is 20.4 Å². The lowest BCUT2D eigenvalue weighted by atomic mass is 10.2.